The van der Waals surface area contributed by atoms with Crippen LogP contribution < -0.4 is 10.1 Å². The van der Waals surface area contributed by atoms with E-state index >= 15 is 0 Å². The predicted octanol–water partition coefficient (Wildman–Crippen LogP) is 2.39. The highest BCUT2D eigenvalue weighted by Crippen LogP contribution is 2.21. The fourth-order valence-electron chi connectivity index (χ4n) is 2.23. The number of hydrogen-bond acceptors (Lipinski definition) is 6. The molecule has 3 heterocycles. The number of nitrogens with one attached hydrogen (secondary N) is 1. The Labute approximate surface area is 132 Å². The molecule has 0 aliphatic carbocycles. The lowest BCUT2D eigenvalue weighted by atomic mass is 10.3. The molecule has 0 spiro atoms. The van der Waals surface area contributed by atoms with Gasteiger partial charge in [-0.2, -0.15) is 0 Å². The minimum Gasteiger partial charge on any atom is -0.475 e. The van der Waals surface area contributed by atoms with Crippen LogP contribution in [0.4, 0.5) is 5.69 Å². The second-order valence-electron chi connectivity index (χ2n) is 4.95. The van der Waals surface area contributed by atoms with Gasteiger partial charge in [-0.05, 0) is 19.9 Å². The van der Waals surface area contributed by atoms with E-state index in [-0.39, 0.29) is 13.2 Å². The molecule has 0 aromatic carbocycles. The van der Waals surface area contributed by atoms with Gasteiger partial charge >= 0.3 is 0 Å². The van der Waals surface area contributed by atoms with Crippen molar-refractivity contribution in [3.05, 3.63) is 40.8 Å². The van der Waals surface area contributed by atoms with E-state index in [1.165, 1.54) is 4.88 Å². The maximum Gasteiger partial charge on any atom is 0.213 e. The lowest BCUT2D eigenvalue weighted by molar-refractivity contribution is 0.196. The van der Waals surface area contributed by atoms with Gasteiger partial charge in [0, 0.05) is 17.1 Å². The van der Waals surface area contributed by atoms with Gasteiger partial charge in [0.1, 0.15) is 6.61 Å². The zero-order chi connectivity index (χ0) is 15.5. The van der Waals surface area contributed by atoms with Crippen LogP contribution in [-0.4, -0.2) is 32.7 Å². The van der Waals surface area contributed by atoms with Crippen LogP contribution in [0.3, 0.4) is 0 Å². The molecule has 0 saturated carbocycles. The van der Waals surface area contributed by atoms with Crippen molar-refractivity contribution in [2.24, 2.45) is 0 Å². The number of imidazole rings is 1. The Morgan fingerprint density at radius 3 is 2.95 bits per heavy atom. The summed E-state index contributed by atoms with van der Waals surface area (Å²) in [5.74, 6) is 0.510. The number of aliphatic hydroxyl groups is 1. The highest BCUT2D eigenvalue weighted by molar-refractivity contribution is 7.17. The van der Waals surface area contributed by atoms with E-state index in [9.17, 15) is 0 Å². The summed E-state index contributed by atoms with van der Waals surface area (Å²) in [5.41, 5.74) is 3.10. The average Bonchev–Trinajstić information content (AvgIpc) is 2.99. The number of hydrogen-bond donors (Lipinski definition) is 2. The van der Waals surface area contributed by atoms with E-state index in [0.717, 1.165) is 22.0 Å². The van der Waals surface area contributed by atoms with E-state index in [0.29, 0.717) is 12.4 Å². The zero-order valence-corrected chi connectivity index (χ0v) is 13.4. The third kappa shape index (κ3) is 3.05. The summed E-state index contributed by atoms with van der Waals surface area (Å²) in [6.07, 6.45) is 3.83. The smallest absolute Gasteiger partial charge is 0.213 e. The van der Waals surface area contributed by atoms with E-state index in [1.54, 1.807) is 23.6 Å². The first-order chi connectivity index (χ1) is 10.7. The van der Waals surface area contributed by atoms with Crippen molar-refractivity contribution in [2.45, 2.75) is 20.4 Å². The monoisotopic (exact) mass is 318 g/mol. The van der Waals surface area contributed by atoms with Crippen LogP contribution in [0.1, 0.15) is 16.3 Å². The highest BCUT2D eigenvalue weighted by Gasteiger charge is 2.10. The Morgan fingerprint density at radius 2 is 2.23 bits per heavy atom. The number of ether oxygens (including phenoxy) is 1. The maximum atomic E-state index is 8.71. The summed E-state index contributed by atoms with van der Waals surface area (Å²) >= 11 is 1.69. The Balaban J connectivity index is 1.69. The van der Waals surface area contributed by atoms with Gasteiger partial charge in [0.05, 0.1) is 36.4 Å². The molecule has 6 nitrogen and oxygen atoms in total. The first-order valence-electron chi connectivity index (χ1n) is 7.05. The zero-order valence-electron chi connectivity index (χ0n) is 12.5. The molecule has 3 aromatic heterocycles. The van der Waals surface area contributed by atoms with Crippen LogP contribution >= 0.6 is 11.3 Å². The molecule has 3 aromatic rings. The molecule has 0 aliphatic heterocycles. The number of thiazole rings is 1. The molecule has 0 atom stereocenters. The Bertz CT molecular complexity index is 764. The van der Waals surface area contributed by atoms with Crippen molar-refractivity contribution in [2.75, 3.05) is 18.5 Å². The van der Waals surface area contributed by atoms with Crippen molar-refractivity contribution >= 4 is 22.0 Å². The van der Waals surface area contributed by atoms with E-state index < -0.39 is 0 Å². The number of nitrogens with zero attached hydrogens (tertiary/aromatic N) is 3. The number of rotatable bonds is 6. The SMILES string of the molecule is Cc1cn2c(CNc3ccc(OCCO)nc3)c(C)nc2s1. The first kappa shape index (κ1) is 14.8. The largest absolute Gasteiger partial charge is 0.475 e. The van der Waals surface area contributed by atoms with Crippen LogP contribution in [0.5, 0.6) is 5.88 Å². The topological polar surface area (TPSA) is 71.7 Å². The summed E-state index contributed by atoms with van der Waals surface area (Å²) in [4.78, 5) is 11.0. The number of fused-ring (bicyclic) bond motifs is 1. The van der Waals surface area contributed by atoms with Crippen LogP contribution in [0.15, 0.2) is 24.5 Å². The van der Waals surface area contributed by atoms with Gasteiger partial charge in [0.25, 0.3) is 0 Å². The molecule has 0 saturated heterocycles. The predicted molar refractivity (Wildman–Crippen MR) is 86.7 cm³/mol. The molecule has 0 amide bonds. The van der Waals surface area contributed by atoms with Crippen LogP contribution in [0, 0.1) is 13.8 Å². The van der Waals surface area contributed by atoms with Gasteiger partial charge in [-0.25, -0.2) is 9.97 Å². The molecule has 116 valence electrons. The van der Waals surface area contributed by atoms with Crippen LogP contribution in [0.25, 0.3) is 4.96 Å². The molecule has 3 rings (SSSR count). The van der Waals surface area contributed by atoms with E-state index in [4.69, 9.17) is 9.84 Å². The van der Waals surface area contributed by atoms with Crippen molar-refractivity contribution in [3.8, 4) is 5.88 Å². The molecule has 7 heteroatoms. The van der Waals surface area contributed by atoms with Gasteiger partial charge in [0.2, 0.25) is 5.88 Å². The molecule has 0 radical (unpaired) electrons. The van der Waals surface area contributed by atoms with Gasteiger partial charge in [0.15, 0.2) is 4.96 Å². The Kier molecular flexibility index (Phi) is 4.26. The summed E-state index contributed by atoms with van der Waals surface area (Å²) in [5, 5.41) is 12.1. The van der Waals surface area contributed by atoms with Crippen molar-refractivity contribution in [3.63, 3.8) is 0 Å². The van der Waals surface area contributed by atoms with Crippen molar-refractivity contribution < 1.29 is 9.84 Å². The highest BCUT2D eigenvalue weighted by atomic mass is 32.1. The number of aliphatic hydroxyl groups excluding tert-OH is 1. The van der Waals surface area contributed by atoms with Gasteiger partial charge in [-0.3, -0.25) is 4.40 Å². The number of aromatic nitrogens is 3. The van der Waals surface area contributed by atoms with E-state index in [2.05, 4.69) is 32.8 Å². The molecule has 2 N–H and O–H groups in total. The third-order valence-corrected chi connectivity index (χ3v) is 4.18. The molecule has 0 bridgehead atoms. The minimum atomic E-state index is -0.0156. The molecule has 22 heavy (non-hydrogen) atoms. The molecule has 0 fully saturated rings. The van der Waals surface area contributed by atoms with Gasteiger partial charge in [-0.15, -0.1) is 11.3 Å². The average molecular weight is 318 g/mol. The van der Waals surface area contributed by atoms with Gasteiger partial charge < -0.3 is 15.2 Å². The first-order valence-corrected chi connectivity index (χ1v) is 7.86. The second kappa shape index (κ2) is 6.33. The van der Waals surface area contributed by atoms with Gasteiger partial charge in [-0.1, -0.05) is 0 Å². The second-order valence-corrected chi connectivity index (χ2v) is 6.16. The number of aryl methyl sites for hydroxylation is 2. The molecular formula is C15H18N4O2S. The maximum absolute atomic E-state index is 8.71. The minimum absolute atomic E-state index is 0.0156. The summed E-state index contributed by atoms with van der Waals surface area (Å²) < 4.78 is 7.37. The molecular weight excluding hydrogens is 300 g/mol. The fraction of sp³-hybridized carbons (Fsp3) is 0.333. The third-order valence-electron chi connectivity index (χ3n) is 3.28. The van der Waals surface area contributed by atoms with Crippen LogP contribution in [0.2, 0.25) is 0 Å². The van der Waals surface area contributed by atoms with Crippen molar-refractivity contribution in [1.29, 1.82) is 0 Å². The van der Waals surface area contributed by atoms with Crippen LogP contribution in [-0.2, 0) is 6.54 Å². The molecule has 0 aliphatic rings. The quantitative estimate of drug-likeness (QED) is 0.730. The summed E-state index contributed by atoms with van der Waals surface area (Å²) in [6.45, 7) is 5.03. The lowest BCUT2D eigenvalue weighted by Crippen LogP contribution is -2.05. The summed E-state index contributed by atoms with van der Waals surface area (Å²) in [7, 11) is 0. The normalized spacial score (nSPS) is 11.0. The fourth-order valence-corrected chi connectivity index (χ4v) is 3.12. The molecule has 0 unspecified atom stereocenters. The van der Waals surface area contributed by atoms with E-state index in [1.807, 2.05) is 13.0 Å². The number of anilines is 1. The Hall–Kier alpha value is -2.12. The summed E-state index contributed by atoms with van der Waals surface area (Å²) in [6, 6.07) is 3.69. The van der Waals surface area contributed by atoms with Crippen molar-refractivity contribution in [1.82, 2.24) is 14.4 Å². The lowest BCUT2D eigenvalue weighted by Gasteiger charge is -2.08. The standard InChI is InChI=1S/C15H18N4O2S/c1-10-9-19-13(11(2)18-15(19)22-10)8-16-12-3-4-14(17-7-12)21-6-5-20/h3-4,7,9,16,20H,5-6,8H2,1-2H3. The Morgan fingerprint density at radius 1 is 1.36 bits per heavy atom. The number of pyridine rings is 1.